The summed E-state index contributed by atoms with van der Waals surface area (Å²) >= 11 is 3.26. The zero-order valence-corrected chi connectivity index (χ0v) is 19.0. The van der Waals surface area contributed by atoms with Crippen molar-refractivity contribution in [1.82, 2.24) is 10.2 Å². The summed E-state index contributed by atoms with van der Waals surface area (Å²) in [7, 11) is 0. The van der Waals surface area contributed by atoms with Crippen LogP contribution in [-0.2, 0) is 0 Å². The standard InChI is InChI=1S/C22H29BrFN5O2/c23-15-5-6-19(17(24)11-15)29(25)22-16-12-20(30)21(13-18(16)26-14-27-22)31-10-4-3-9-28-7-1-2-8-28/h5-6,11-13,22,26-27,30H,1-4,7-10,14,25H2. The number of phenolic OH excluding ortho intramolecular Hbond substituents is 1. The molecule has 9 heteroatoms. The molecule has 1 fully saturated rings. The van der Waals surface area contributed by atoms with E-state index in [2.05, 4.69) is 31.5 Å². The van der Waals surface area contributed by atoms with Gasteiger partial charge in [-0.2, -0.15) is 0 Å². The highest BCUT2D eigenvalue weighted by atomic mass is 79.9. The van der Waals surface area contributed by atoms with Crippen LogP contribution in [0.25, 0.3) is 0 Å². The summed E-state index contributed by atoms with van der Waals surface area (Å²) in [6.07, 6.45) is 4.11. The lowest BCUT2D eigenvalue weighted by Crippen LogP contribution is -2.47. The first-order valence-corrected chi connectivity index (χ1v) is 11.5. The third-order valence-electron chi connectivity index (χ3n) is 5.79. The van der Waals surface area contributed by atoms with E-state index in [4.69, 9.17) is 10.6 Å². The molecular formula is C22H29BrFN5O2. The number of aromatic hydroxyl groups is 1. The fourth-order valence-corrected chi connectivity index (χ4v) is 4.47. The second kappa shape index (κ2) is 10.0. The number of anilines is 2. The van der Waals surface area contributed by atoms with E-state index in [1.54, 1.807) is 24.3 Å². The molecule has 1 saturated heterocycles. The number of hydrogen-bond donors (Lipinski definition) is 4. The normalized spacial score (nSPS) is 18.5. The van der Waals surface area contributed by atoms with E-state index >= 15 is 0 Å². The van der Waals surface area contributed by atoms with Gasteiger partial charge in [-0.3, -0.25) is 10.3 Å². The Morgan fingerprint density at radius 1 is 1.23 bits per heavy atom. The molecule has 2 aliphatic heterocycles. The van der Waals surface area contributed by atoms with Crippen LogP contribution in [0, 0.1) is 5.82 Å². The molecule has 4 rings (SSSR count). The maximum atomic E-state index is 14.4. The van der Waals surface area contributed by atoms with Gasteiger partial charge in [0.15, 0.2) is 11.5 Å². The molecule has 2 aromatic carbocycles. The van der Waals surface area contributed by atoms with E-state index in [1.807, 2.05) is 0 Å². The number of phenols is 1. The Morgan fingerprint density at radius 2 is 2.03 bits per heavy atom. The van der Waals surface area contributed by atoms with Crippen LogP contribution < -0.4 is 26.2 Å². The van der Waals surface area contributed by atoms with Crippen LogP contribution in [0.1, 0.15) is 37.4 Å². The van der Waals surface area contributed by atoms with E-state index in [0.717, 1.165) is 30.6 Å². The van der Waals surface area contributed by atoms with Gasteiger partial charge in [0, 0.05) is 21.8 Å². The molecule has 0 aliphatic carbocycles. The Morgan fingerprint density at radius 3 is 2.81 bits per heavy atom. The molecule has 2 aliphatic rings. The third kappa shape index (κ3) is 5.23. The van der Waals surface area contributed by atoms with E-state index in [-0.39, 0.29) is 11.4 Å². The summed E-state index contributed by atoms with van der Waals surface area (Å²) in [6.45, 7) is 4.51. The van der Waals surface area contributed by atoms with Gasteiger partial charge in [-0.15, -0.1) is 0 Å². The topological polar surface area (TPSA) is 86.0 Å². The quantitative estimate of drug-likeness (QED) is 0.192. The van der Waals surface area contributed by atoms with Crippen molar-refractivity contribution < 1.29 is 14.2 Å². The van der Waals surface area contributed by atoms with Crippen LogP contribution in [0.2, 0.25) is 0 Å². The smallest absolute Gasteiger partial charge is 0.162 e. The average molecular weight is 494 g/mol. The summed E-state index contributed by atoms with van der Waals surface area (Å²) < 4.78 is 20.9. The van der Waals surface area contributed by atoms with Gasteiger partial charge in [0.1, 0.15) is 12.0 Å². The van der Waals surface area contributed by atoms with Crippen molar-refractivity contribution in [2.75, 3.05) is 43.2 Å². The van der Waals surface area contributed by atoms with Crippen LogP contribution in [0.3, 0.4) is 0 Å². The summed E-state index contributed by atoms with van der Waals surface area (Å²) in [5.74, 6) is 6.30. The number of nitrogens with two attached hydrogens (primary N) is 1. The lowest BCUT2D eigenvalue weighted by atomic mass is 10.1. The van der Waals surface area contributed by atoms with Crippen molar-refractivity contribution in [3.05, 3.63) is 46.2 Å². The first kappa shape index (κ1) is 22.1. The first-order chi connectivity index (χ1) is 15.0. The lowest BCUT2D eigenvalue weighted by molar-refractivity contribution is 0.270. The largest absolute Gasteiger partial charge is 0.504 e. The average Bonchev–Trinajstić information content (AvgIpc) is 3.26. The maximum Gasteiger partial charge on any atom is 0.162 e. The Labute approximate surface area is 190 Å². The number of nitrogens with zero attached hydrogens (tertiary/aromatic N) is 2. The van der Waals surface area contributed by atoms with Crippen molar-refractivity contribution in [2.45, 2.75) is 31.8 Å². The summed E-state index contributed by atoms with van der Waals surface area (Å²) in [4.78, 5) is 2.49. The number of ether oxygens (including phenoxy) is 1. The van der Waals surface area contributed by atoms with E-state index < -0.39 is 12.0 Å². The van der Waals surface area contributed by atoms with Gasteiger partial charge >= 0.3 is 0 Å². The molecule has 2 heterocycles. The lowest BCUT2D eigenvalue weighted by Gasteiger charge is -2.35. The SMILES string of the molecule is NN(c1ccc(Br)cc1F)C1NCNc2cc(OCCCCN3CCCC3)c(O)cc21. The maximum absolute atomic E-state index is 14.4. The minimum Gasteiger partial charge on any atom is -0.504 e. The van der Waals surface area contributed by atoms with Crippen molar-refractivity contribution in [2.24, 2.45) is 5.84 Å². The highest BCUT2D eigenvalue weighted by Crippen LogP contribution is 2.39. The van der Waals surface area contributed by atoms with Crippen molar-refractivity contribution >= 4 is 27.3 Å². The monoisotopic (exact) mass is 493 g/mol. The van der Waals surface area contributed by atoms with Crippen molar-refractivity contribution in [1.29, 1.82) is 0 Å². The predicted molar refractivity (Wildman–Crippen MR) is 124 cm³/mol. The number of hydrogen-bond acceptors (Lipinski definition) is 7. The highest BCUT2D eigenvalue weighted by Gasteiger charge is 2.27. The van der Waals surface area contributed by atoms with Gasteiger partial charge in [-0.25, -0.2) is 10.2 Å². The number of halogens is 2. The fraction of sp³-hybridized carbons (Fsp3) is 0.455. The van der Waals surface area contributed by atoms with Gasteiger partial charge in [-0.1, -0.05) is 15.9 Å². The molecule has 0 aromatic heterocycles. The number of rotatable bonds is 8. The summed E-state index contributed by atoms with van der Waals surface area (Å²) in [5, 5.41) is 18.3. The van der Waals surface area contributed by atoms with Gasteiger partial charge in [0.25, 0.3) is 0 Å². The molecule has 0 bridgehead atoms. The van der Waals surface area contributed by atoms with E-state index in [9.17, 15) is 9.50 Å². The molecule has 168 valence electrons. The van der Waals surface area contributed by atoms with Crippen LogP contribution >= 0.6 is 15.9 Å². The second-order valence-electron chi connectivity index (χ2n) is 7.97. The molecule has 31 heavy (non-hydrogen) atoms. The zero-order chi connectivity index (χ0) is 21.8. The Hall–Kier alpha value is -2.07. The number of likely N-dealkylation sites (tertiary alicyclic amines) is 1. The molecule has 2 aromatic rings. The zero-order valence-electron chi connectivity index (χ0n) is 17.4. The van der Waals surface area contributed by atoms with Gasteiger partial charge in [0.2, 0.25) is 0 Å². The van der Waals surface area contributed by atoms with E-state index in [0.29, 0.717) is 23.5 Å². The summed E-state index contributed by atoms with van der Waals surface area (Å²) in [6, 6.07) is 8.12. The Kier molecular flexibility index (Phi) is 7.16. The fourth-order valence-electron chi connectivity index (χ4n) is 4.14. The minimum atomic E-state index is -0.507. The number of benzene rings is 2. The van der Waals surface area contributed by atoms with Crippen LogP contribution in [0.15, 0.2) is 34.8 Å². The molecule has 0 saturated carbocycles. The number of hydrazine groups is 1. The molecule has 7 nitrogen and oxygen atoms in total. The molecule has 5 N–H and O–H groups in total. The molecule has 1 atom stereocenters. The number of fused-ring (bicyclic) bond motifs is 1. The summed E-state index contributed by atoms with van der Waals surface area (Å²) in [5.41, 5.74) is 1.77. The number of nitrogens with one attached hydrogen (secondary N) is 2. The van der Waals surface area contributed by atoms with Crippen LogP contribution in [0.5, 0.6) is 11.5 Å². The van der Waals surface area contributed by atoms with Crippen LogP contribution in [-0.4, -0.2) is 42.9 Å². The van der Waals surface area contributed by atoms with Crippen molar-refractivity contribution in [3.8, 4) is 11.5 Å². The van der Waals surface area contributed by atoms with Crippen molar-refractivity contribution in [3.63, 3.8) is 0 Å². The Balaban J connectivity index is 1.41. The second-order valence-corrected chi connectivity index (χ2v) is 8.89. The molecule has 0 amide bonds. The number of unbranched alkanes of at least 4 members (excludes halogenated alkanes) is 1. The molecule has 1 unspecified atom stereocenters. The van der Waals surface area contributed by atoms with Crippen LogP contribution in [0.4, 0.5) is 15.8 Å². The first-order valence-electron chi connectivity index (χ1n) is 10.7. The van der Waals surface area contributed by atoms with Gasteiger partial charge < -0.3 is 20.1 Å². The molecule has 0 radical (unpaired) electrons. The molecular weight excluding hydrogens is 465 g/mol. The van der Waals surface area contributed by atoms with Gasteiger partial charge in [0.05, 0.1) is 19.0 Å². The third-order valence-corrected chi connectivity index (χ3v) is 6.28. The minimum absolute atomic E-state index is 0.0403. The predicted octanol–water partition coefficient (Wildman–Crippen LogP) is 3.90. The van der Waals surface area contributed by atoms with Gasteiger partial charge in [-0.05, 0) is 69.6 Å². The highest BCUT2D eigenvalue weighted by molar-refractivity contribution is 9.10. The molecule has 0 spiro atoms. The Bertz CT molecular complexity index is 910. The van der Waals surface area contributed by atoms with E-state index in [1.165, 1.54) is 37.0 Å².